The number of pyridine rings is 1. The molecule has 4 nitrogen and oxygen atoms in total. The van der Waals surface area contributed by atoms with E-state index in [4.69, 9.17) is 0 Å². The van der Waals surface area contributed by atoms with Crippen LogP contribution in [0.25, 0.3) is 0 Å². The largest absolute Gasteiger partial charge is 0.256 e. The normalized spacial score (nSPS) is 21.5. The van der Waals surface area contributed by atoms with Crippen molar-refractivity contribution in [3.63, 3.8) is 0 Å². The lowest BCUT2D eigenvalue weighted by Gasteiger charge is -2.35. The molecule has 2 rings (SSSR count). The topological polar surface area (TPSA) is 48.4 Å². The van der Waals surface area contributed by atoms with Crippen molar-refractivity contribution < 1.29 is 5.21 Å². The standard InChI is InChI=1S/C13H18N3O/c1-9-7-6-8-10(14-9)11-15-12(2,3)13(4,5)16(11)17/h6-8H,1-5H3. The van der Waals surface area contributed by atoms with Gasteiger partial charge in [-0.25, -0.2) is 4.98 Å². The SMILES string of the molecule is Cc1cccc(C2=NC(C)(C)C(C)(C)N2[O])n1. The lowest BCUT2D eigenvalue weighted by atomic mass is 9.84. The maximum Gasteiger partial charge on any atom is 0.178 e. The van der Waals surface area contributed by atoms with Crippen LogP contribution in [0.2, 0.25) is 0 Å². The van der Waals surface area contributed by atoms with Gasteiger partial charge in [0.05, 0.1) is 11.1 Å². The first-order valence-corrected chi connectivity index (χ1v) is 5.77. The third-order valence-corrected chi connectivity index (χ3v) is 3.70. The van der Waals surface area contributed by atoms with Crippen molar-refractivity contribution in [3.8, 4) is 0 Å². The molecule has 0 aromatic carbocycles. The minimum absolute atomic E-state index is 0.407. The molecule has 0 unspecified atom stereocenters. The molecular weight excluding hydrogens is 214 g/mol. The molecule has 0 saturated heterocycles. The molecule has 1 aliphatic heterocycles. The highest BCUT2D eigenvalue weighted by molar-refractivity contribution is 5.98. The highest BCUT2D eigenvalue weighted by atomic mass is 16.5. The predicted octanol–water partition coefficient (Wildman–Crippen LogP) is 2.35. The van der Waals surface area contributed by atoms with Crippen molar-refractivity contribution >= 4 is 5.84 Å². The summed E-state index contributed by atoms with van der Waals surface area (Å²) in [5.41, 5.74) is 0.586. The molecule has 0 atom stereocenters. The Labute approximate surface area is 102 Å². The van der Waals surface area contributed by atoms with E-state index in [0.29, 0.717) is 11.5 Å². The Bertz CT molecular complexity index is 477. The van der Waals surface area contributed by atoms with Gasteiger partial charge in [-0.05, 0) is 46.8 Å². The van der Waals surface area contributed by atoms with Crippen molar-refractivity contribution in [1.29, 1.82) is 0 Å². The fourth-order valence-electron chi connectivity index (χ4n) is 1.79. The summed E-state index contributed by atoms with van der Waals surface area (Å²) in [6.45, 7) is 9.67. The minimum Gasteiger partial charge on any atom is -0.256 e. The fraction of sp³-hybridized carbons (Fsp3) is 0.538. The smallest absolute Gasteiger partial charge is 0.178 e. The number of nitrogens with zero attached hydrogens (tertiary/aromatic N) is 3. The Kier molecular flexibility index (Phi) is 2.51. The molecule has 91 valence electrons. The van der Waals surface area contributed by atoms with Crippen molar-refractivity contribution in [3.05, 3.63) is 29.6 Å². The molecule has 0 spiro atoms. The van der Waals surface area contributed by atoms with E-state index in [-0.39, 0.29) is 0 Å². The summed E-state index contributed by atoms with van der Waals surface area (Å²) in [7, 11) is 0. The number of rotatable bonds is 1. The van der Waals surface area contributed by atoms with Crippen LogP contribution >= 0.6 is 0 Å². The van der Waals surface area contributed by atoms with E-state index in [1.165, 1.54) is 0 Å². The van der Waals surface area contributed by atoms with Gasteiger partial charge in [-0.3, -0.25) is 4.99 Å². The molecule has 1 aliphatic rings. The van der Waals surface area contributed by atoms with Crippen LogP contribution in [0.4, 0.5) is 0 Å². The second-order valence-corrected chi connectivity index (χ2v) is 5.51. The lowest BCUT2D eigenvalue weighted by molar-refractivity contribution is -0.158. The van der Waals surface area contributed by atoms with E-state index in [2.05, 4.69) is 9.98 Å². The van der Waals surface area contributed by atoms with Gasteiger partial charge >= 0.3 is 0 Å². The maximum atomic E-state index is 12.3. The third kappa shape index (κ3) is 1.72. The maximum absolute atomic E-state index is 12.3. The molecule has 0 saturated carbocycles. The Morgan fingerprint density at radius 3 is 2.29 bits per heavy atom. The van der Waals surface area contributed by atoms with Crippen molar-refractivity contribution in [2.75, 3.05) is 0 Å². The van der Waals surface area contributed by atoms with Gasteiger partial charge < -0.3 is 0 Å². The van der Waals surface area contributed by atoms with Gasteiger partial charge in [0, 0.05) is 5.69 Å². The predicted molar refractivity (Wildman–Crippen MR) is 66.2 cm³/mol. The summed E-state index contributed by atoms with van der Waals surface area (Å²) < 4.78 is 0. The molecule has 2 heterocycles. The Balaban J connectivity index is 2.49. The number of aliphatic imine (C=N–C) groups is 1. The Morgan fingerprint density at radius 1 is 1.18 bits per heavy atom. The summed E-state index contributed by atoms with van der Waals surface area (Å²) in [6.07, 6.45) is 0. The molecule has 0 bridgehead atoms. The highest BCUT2D eigenvalue weighted by Crippen LogP contribution is 2.37. The summed E-state index contributed by atoms with van der Waals surface area (Å²) in [5.74, 6) is 0.434. The number of aryl methyl sites for hydroxylation is 1. The molecule has 17 heavy (non-hydrogen) atoms. The van der Waals surface area contributed by atoms with Crippen LogP contribution in [-0.2, 0) is 5.21 Å². The number of hydroxylamine groups is 2. The van der Waals surface area contributed by atoms with Crippen LogP contribution in [-0.4, -0.2) is 27.0 Å². The zero-order valence-corrected chi connectivity index (χ0v) is 11.0. The van der Waals surface area contributed by atoms with E-state index in [1.807, 2.05) is 52.8 Å². The monoisotopic (exact) mass is 232 g/mol. The van der Waals surface area contributed by atoms with Crippen LogP contribution in [0.1, 0.15) is 39.1 Å². The van der Waals surface area contributed by atoms with Crippen LogP contribution in [0, 0.1) is 6.92 Å². The second-order valence-electron chi connectivity index (χ2n) is 5.51. The van der Waals surface area contributed by atoms with Gasteiger partial charge in [0.25, 0.3) is 0 Å². The fourth-order valence-corrected chi connectivity index (χ4v) is 1.79. The molecule has 0 N–H and O–H groups in total. The van der Waals surface area contributed by atoms with Gasteiger partial charge in [0.1, 0.15) is 5.69 Å². The van der Waals surface area contributed by atoms with Gasteiger partial charge in [-0.1, -0.05) is 11.3 Å². The molecule has 0 amide bonds. The molecule has 0 fully saturated rings. The van der Waals surface area contributed by atoms with E-state index < -0.39 is 11.1 Å². The first kappa shape index (κ1) is 12.0. The lowest BCUT2D eigenvalue weighted by Crippen LogP contribution is -2.50. The molecule has 1 aromatic rings. The van der Waals surface area contributed by atoms with Crippen LogP contribution in [0.5, 0.6) is 0 Å². The minimum atomic E-state index is -0.548. The summed E-state index contributed by atoms with van der Waals surface area (Å²) >= 11 is 0. The third-order valence-electron chi connectivity index (χ3n) is 3.70. The number of aromatic nitrogens is 1. The van der Waals surface area contributed by atoms with E-state index >= 15 is 0 Å². The summed E-state index contributed by atoms with van der Waals surface area (Å²) in [5, 5.41) is 13.3. The van der Waals surface area contributed by atoms with E-state index in [9.17, 15) is 5.21 Å². The molecule has 1 aromatic heterocycles. The van der Waals surface area contributed by atoms with E-state index in [0.717, 1.165) is 10.8 Å². The van der Waals surface area contributed by atoms with Crippen molar-refractivity contribution in [2.45, 2.75) is 45.7 Å². The summed E-state index contributed by atoms with van der Waals surface area (Å²) in [6, 6.07) is 5.63. The molecular formula is C13H18N3O. The molecule has 4 heteroatoms. The average Bonchev–Trinajstić information content (AvgIpc) is 2.39. The van der Waals surface area contributed by atoms with Gasteiger partial charge in [-0.15, -0.1) is 0 Å². The average molecular weight is 232 g/mol. The van der Waals surface area contributed by atoms with Crippen molar-refractivity contribution in [1.82, 2.24) is 10.0 Å². The van der Waals surface area contributed by atoms with Crippen LogP contribution in [0.15, 0.2) is 23.2 Å². The quantitative estimate of drug-likeness (QED) is 0.746. The molecule has 1 radical (unpaired) electrons. The zero-order chi connectivity index (χ0) is 12.8. The van der Waals surface area contributed by atoms with Gasteiger partial charge in [0.15, 0.2) is 5.84 Å². The van der Waals surface area contributed by atoms with Gasteiger partial charge in [0.2, 0.25) is 0 Å². The Hall–Kier alpha value is -1.42. The van der Waals surface area contributed by atoms with Crippen molar-refractivity contribution in [2.24, 2.45) is 4.99 Å². The van der Waals surface area contributed by atoms with Crippen LogP contribution in [0.3, 0.4) is 0 Å². The number of amidine groups is 1. The molecule has 0 aliphatic carbocycles. The zero-order valence-electron chi connectivity index (χ0n) is 11.0. The number of hydrogen-bond acceptors (Lipinski definition) is 3. The first-order valence-electron chi connectivity index (χ1n) is 5.77. The first-order chi connectivity index (χ1) is 7.75. The Morgan fingerprint density at radius 2 is 1.82 bits per heavy atom. The summed E-state index contributed by atoms with van der Waals surface area (Å²) in [4.78, 5) is 8.90. The van der Waals surface area contributed by atoms with Crippen LogP contribution < -0.4 is 0 Å². The second kappa shape index (κ2) is 3.53. The van der Waals surface area contributed by atoms with E-state index in [1.54, 1.807) is 0 Å². The van der Waals surface area contributed by atoms with Gasteiger partial charge in [-0.2, -0.15) is 5.06 Å². The number of hydrogen-bond donors (Lipinski definition) is 0. The highest BCUT2D eigenvalue weighted by Gasteiger charge is 2.50.